The summed E-state index contributed by atoms with van der Waals surface area (Å²) in [5.74, 6) is 5.95. The topological polar surface area (TPSA) is 43.4 Å². The molecule has 0 saturated carbocycles. The van der Waals surface area contributed by atoms with E-state index in [1.54, 1.807) is 0 Å². The predicted molar refractivity (Wildman–Crippen MR) is 302 cm³/mol. The van der Waals surface area contributed by atoms with Gasteiger partial charge in [0, 0.05) is 52.6 Å². The van der Waals surface area contributed by atoms with Gasteiger partial charge in [0.05, 0.1) is 11.4 Å². The van der Waals surface area contributed by atoms with Crippen LogP contribution >= 0.6 is 0 Å². The van der Waals surface area contributed by atoms with Gasteiger partial charge in [0.1, 0.15) is 46.0 Å². The van der Waals surface area contributed by atoms with Crippen molar-refractivity contribution < 1.29 is 18.9 Å². The molecule has 0 spiro atoms. The molecule has 74 heavy (non-hydrogen) atoms. The lowest BCUT2D eigenvalue weighted by molar-refractivity contribution is 0.462. The molecule has 0 bridgehead atoms. The Morgan fingerprint density at radius 3 is 1.07 bits per heavy atom. The first-order valence-corrected chi connectivity index (χ1v) is 25.1. The molecule has 346 valence electrons. The van der Waals surface area contributed by atoms with Crippen molar-refractivity contribution in [2.24, 2.45) is 0 Å². The normalized spacial score (nSPS) is 13.0. The minimum Gasteiger partial charge on any atom is -0.458 e. The van der Waals surface area contributed by atoms with Crippen LogP contribution in [0.1, 0.15) is 0 Å². The van der Waals surface area contributed by atoms with Crippen LogP contribution in [0.2, 0.25) is 0 Å². The summed E-state index contributed by atoms with van der Waals surface area (Å²) in [7, 11) is 0. The summed E-state index contributed by atoms with van der Waals surface area (Å²) in [6.07, 6.45) is 0. The van der Waals surface area contributed by atoms with E-state index in [1.807, 2.05) is 60.7 Å². The Bertz CT molecular complexity index is 3760. The molecule has 11 aromatic rings. The molecule has 0 fully saturated rings. The van der Waals surface area contributed by atoms with E-state index in [9.17, 15) is 0 Å². The number of hydrogen-bond acceptors (Lipinski definition) is 6. The Hall–Kier alpha value is -9.65. The Kier molecular flexibility index (Phi) is 9.67. The van der Waals surface area contributed by atoms with Crippen LogP contribution in [0.3, 0.4) is 0 Å². The Morgan fingerprint density at radius 1 is 0.297 bits per heavy atom. The molecular weight excluding hydrogens is 906 g/mol. The monoisotopic (exact) mass is 948 g/mol. The van der Waals surface area contributed by atoms with Gasteiger partial charge in [0.2, 0.25) is 0 Å². The first-order chi connectivity index (χ1) is 36.7. The third-order valence-corrected chi connectivity index (χ3v) is 14.8. The molecule has 4 aliphatic rings. The molecule has 0 atom stereocenters. The number of anilines is 6. The van der Waals surface area contributed by atoms with E-state index in [-0.39, 0.29) is 13.4 Å². The SMILES string of the molecule is c1ccc(Oc2cc3c4c(c2)N(c2ccccc2)c2c(c(-c5ccccc5)c5c(c2-c2ccccc2)N(c2ccccc2)c2cc(Oc6ccccc6)cc6c2B5c2ccccc2O6)B4c2ccccc2O3)cc1. The highest BCUT2D eigenvalue weighted by Crippen LogP contribution is 2.55. The van der Waals surface area contributed by atoms with Gasteiger partial charge in [0.15, 0.2) is 0 Å². The zero-order valence-corrected chi connectivity index (χ0v) is 39.9. The Balaban J connectivity index is 1.16. The molecule has 0 amide bonds. The number of benzene rings is 11. The molecule has 4 heterocycles. The van der Waals surface area contributed by atoms with Crippen molar-refractivity contribution in [1.82, 2.24) is 0 Å². The van der Waals surface area contributed by atoms with Gasteiger partial charge in [-0.15, -0.1) is 0 Å². The van der Waals surface area contributed by atoms with E-state index in [2.05, 4.69) is 204 Å². The molecule has 0 N–H and O–H groups in total. The number of rotatable bonds is 8. The van der Waals surface area contributed by atoms with Gasteiger partial charge in [-0.05, 0) is 110 Å². The van der Waals surface area contributed by atoms with E-state index in [1.165, 1.54) is 10.9 Å². The minimum absolute atomic E-state index is 0.281. The molecule has 6 nitrogen and oxygen atoms in total. The van der Waals surface area contributed by atoms with Crippen LogP contribution in [-0.4, -0.2) is 13.4 Å². The maximum atomic E-state index is 7.12. The summed E-state index contributed by atoms with van der Waals surface area (Å²) in [4.78, 5) is 4.96. The Labute approximate surface area is 430 Å². The molecule has 0 unspecified atom stereocenters. The van der Waals surface area contributed by atoms with Crippen LogP contribution in [0.4, 0.5) is 34.1 Å². The second-order valence-electron chi connectivity index (χ2n) is 19.0. The number of ether oxygens (including phenoxy) is 4. The molecule has 8 heteroatoms. The van der Waals surface area contributed by atoms with E-state index >= 15 is 0 Å². The van der Waals surface area contributed by atoms with E-state index in [0.29, 0.717) is 11.5 Å². The average Bonchev–Trinajstić information content (AvgIpc) is 3.55. The van der Waals surface area contributed by atoms with Crippen LogP contribution in [0, 0.1) is 0 Å². The van der Waals surface area contributed by atoms with Crippen LogP contribution in [-0.2, 0) is 0 Å². The average molecular weight is 949 g/mol. The number of nitrogens with zero attached hydrogens (tertiary/aromatic N) is 2. The standard InChI is InChI=1S/C66H42B2N2O4/c1-7-23-43(24-8-1)59-63-65(69(45-27-11-3-12-28-45)53-39-49(71-47-31-15-5-16-32-47)41-57-61(53)67(63)51-35-19-21-37-55(51)73-57)60(44-25-9-2-10-26-44)66-64(59)68-52-36-20-22-38-56(52)74-58-42-50(72-48-33-17-6-18-34-48)40-54(62(58)68)70(66)46-29-13-4-14-30-46/h1-42H. The van der Waals surface area contributed by atoms with Gasteiger partial charge in [-0.3, -0.25) is 0 Å². The van der Waals surface area contributed by atoms with Gasteiger partial charge in [-0.25, -0.2) is 0 Å². The van der Waals surface area contributed by atoms with Crippen LogP contribution in [0.5, 0.6) is 46.0 Å². The summed E-state index contributed by atoms with van der Waals surface area (Å²) < 4.78 is 27.9. The highest BCUT2D eigenvalue weighted by atomic mass is 16.5. The fourth-order valence-corrected chi connectivity index (χ4v) is 11.9. The maximum Gasteiger partial charge on any atom is 0.257 e. The second kappa shape index (κ2) is 17.0. The van der Waals surface area contributed by atoms with Crippen LogP contribution in [0.25, 0.3) is 22.3 Å². The van der Waals surface area contributed by atoms with Gasteiger partial charge < -0.3 is 28.7 Å². The molecule has 0 radical (unpaired) electrons. The lowest BCUT2D eigenvalue weighted by atomic mass is 9.29. The predicted octanol–water partition coefficient (Wildman–Crippen LogP) is 13.4. The van der Waals surface area contributed by atoms with Crippen molar-refractivity contribution in [3.63, 3.8) is 0 Å². The summed E-state index contributed by atoms with van der Waals surface area (Å²) in [5.41, 5.74) is 17.2. The lowest BCUT2D eigenvalue weighted by Gasteiger charge is -2.47. The summed E-state index contributed by atoms with van der Waals surface area (Å²) in [5, 5.41) is 0. The van der Waals surface area contributed by atoms with Crippen molar-refractivity contribution in [1.29, 1.82) is 0 Å². The molecule has 11 aromatic carbocycles. The summed E-state index contributed by atoms with van der Waals surface area (Å²) >= 11 is 0. The zero-order chi connectivity index (χ0) is 48.7. The van der Waals surface area contributed by atoms with Crippen LogP contribution < -0.4 is 61.5 Å². The van der Waals surface area contributed by atoms with Gasteiger partial charge >= 0.3 is 0 Å². The highest BCUT2D eigenvalue weighted by molar-refractivity contribution is 7.04. The number of hydrogen-bond donors (Lipinski definition) is 0. The largest absolute Gasteiger partial charge is 0.458 e. The summed E-state index contributed by atoms with van der Waals surface area (Å²) in [6.45, 7) is -0.562. The quantitative estimate of drug-likeness (QED) is 0.141. The maximum absolute atomic E-state index is 7.12. The van der Waals surface area contributed by atoms with Crippen molar-refractivity contribution in [3.05, 3.63) is 255 Å². The van der Waals surface area contributed by atoms with Crippen molar-refractivity contribution in [3.8, 4) is 68.2 Å². The molecule has 15 rings (SSSR count). The molecule has 0 aromatic heterocycles. The Morgan fingerprint density at radius 2 is 0.649 bits per heavy atom. The number of para-hydroxylation sites is 6. The highest BCUT2D eigenvalue weighted by Gasteiger charge is 2.51. The number of fused-ring (bicyclic) bond motifs is 8. The first kappa shape index (κ1) is 42.1. The minimum atomic E-state index is -0.281. The van der Waals surface area contributed by atoms with E-state index < -0.39 is 0 Å². The van der Waals surface area contributed by atoms with E-state index in [0.717, 1.165) is 113 Å². The molecule has 0 aliphatic carbocycles. The third-order valence-electron chi connectivity index (χ3n) is 14.8. The van der Waals surface area contributed by atoms with Crippen LogP contribution in [0.15, 0.2) is 255 Å². The lowest BCUT2D eigenvalue weighted by Crippen LogP contribution is -2.65. The summed E-state index contributed by atoms with van der Waals surface area (Å²) in [6, 6.07) is 89.2. The van der Waals surface area contributed by atoms with Gasteiger partial charge in [0.25, 0.3) is 13.4 Å². The zero-order valence-electron chi connectivity index (χ0n) is 39.9. The van der Waals surface area contributed by atoms with Crippen molar-refractivity contribution in [2.45, 2.75) is 0 Å². The van der Waals surface area contributed by atoms with Crippen molar-refractivity contribution >= 4 is 80.3 Å². The van der Waals surface area contributed by atoms with Crippen molar-refractivity contribution in [2.75, 3.05) is 9.80 Å². The fraction of sp³-hybridized carbons (Fsp3) is 0. The third kappa shape index (κ3) is 6.62. The smallest absolute Gasteiger partial charge is 0.257 e. The molecule has 0 saturated heterocycles. The second-order valence-corrected chi connectivity index (χ2v) is 19.0. The molecule has 4 aliphatic heterocycles. The van der Waals surface area contributed by atoms with E-state index in [4.69, 9.17) is 18.9 Å². The molecular formula is C66H42B2N2O4. The van der Waals surface area contributed by atoms with Gasteiger partial charge in [-0.2, -0.15) is 0 Å². The fourth-order valence-electron chi connectivity index (χ4n) is 11.9. The van der Waals surface area contributed by atoms with Gasteiger partial charge in [-0.1, -0.05) is 170 Å². The first-order valence-electron chi connectivity index (χ1n) is 25.1.